The Morgan fingerprint density at radius 3 is 2.28 bits per heavy atom. The first-order valence-corrected chi connectivity index (χ1v) is 10.4. The van der Waals surface area contributed by atoms with E-state index in [1.807, 2.05) is 69.3 Å². The van der Waals surface area contributed by atoms with Gasteiger partial charge in [0.25, 0.3) is 0 Å². The minimum Gasteiger partial charge on any atom is -0.444 e. The standard InChI is InChI=1S/C24H32N2O3/c1-24(2,3)29-23(27)25-16-10-15-21(25)22(17-19-11-6-4-7-12-19)26(28)18-20-13-8-5-9-14-20/h4-9,11-14,21-22,28H,10,15-18H2,1-3H3/t21-,22+/m0/s1. The minimum absolute atomic E-state index is 0.0984. The van der Waals surface area contributed by atoms with Crippen molar-refractivity contribution in [1.82, 2.24) is 9.96 Å². The Labute approximate surface area is 173 Å². The summed E-state index contributed by atoms with van der Waals surface area (Å²) in [6, 6.07) is 19.7. The van der Waals surface area contributed by atoms with E-state index in [4.69, 9.17) is 4.74 Å². The lowest BCUT2D eigenvalue weighted by Crippen LogP contribution is -2.51. The van der Waals surface area contributed by atoms with Crippen molar-refractivity contribution in [2.45, 2.75) is 64.3 Å². The Kier molecular flexibility index (Phi) is 6.93. The summed E-state index contributed by atoms with van der Waals surface area (Å²) in [5.74, 6) is 0. The van der Waals surface area contributed by atoms with Crippen molar-refractivity contribution in [2.75, 3.05) is 6.54 Å². The van der Waals surface area contributed by atoms with E-state index in [0.717, 1.165) is 24.0 Å². The Morgan fingerprint density at radius 1 is 1.10 bits per heavy atom. The molecule has 1 saturated heterocycles. The van der Waals surface area contributed by atoms with Crippen molar-refractivity contribution >= 4 is 6.09 Å². The van der Waals surface area contributed by atoms with Gasteiger partial charge >= 0.3 is 6.09 Å². The van der Waals surface area contributed by atoms with Gasteiger partial charge in [0.1, 0.15) is 5.60 Å². The molecule has 0 spiro atoms. The van der Waals surface area contributed by atoms with E-state index >= 15 is 0 Å². The highest BCUT2D eigenvalue weighted by Crippen LogP contribution is 2.28. The van der Waals surface area contributed by atoms with Crippen molar-refractivity contribution < 1.29 is 14.7 Å². The van der Waals surface area contributed by atoms with Gasteiger partial charge in [-0.25, -0.2) is 4.79 Å². The van der Waals surface area contributed by atoms with Gasteiger partial charge < -0.3 is 14.8 Å². The van der Waals surface area contributed by atoms with E-state index in [0.29, 0.717) is 19.5 Å². The van der Waals surface area contributed by atoms with Gasteiger partial charge in [0.05, 0.1) is 12.1 Å². The second kappa shape index (κ2) is 9.42. The maximum Gasteiger partial charge on any atom is 0.410 e. The Hall–Kier alpha value is -2.37. The first-order valence-electron chi connectivity index (χ1n) is 10.4. The highest BCUT2D eigenvalue weighted by Gasteiger charge is 2.39. The number of ether oxygens (including phenoxy) is 1. The summed E-state index contributed by atoms with van der Waals surface area (Å²) in [6.07, 6.45) is 2.12. The number of likely N-dealkylation sites (tertiary alicyclic amines) is 1. The van der Waals surface area contributed by atoms with Crippen LogP contribution in [0.2, 0.25) is 0 Å². The van der Waals surface area contributed by atoms with Crippen molar-refractivity contribution in [3.8, 4) is 0 Å². The molecule has 1 heterocycles. The van der Waals surface area contributed by atoms with Gasteiger partial charge in [-0.1, -0.05) is 60.7 Å². The van der Waals surface area contributed by atoms with E-state index in [1.54, 1.807) is 4.90 Å². The zero-order chi connectivity index (χ0) is 20.9. The molecule has 2 aromatic carbocycles. The molecule has 2 aromatic rings. The van der Waals surface area contributed by atoms with Crippen LogP contribution in [0.3, 0.4) is 0 Å². The normalized spacial score (nSPS) is 18.1. The number of nitrogens with zero attached hydrogens (tertiary/aromatic N) is 2. The zero-order valence-electron chi connectivity index (χ0n) is 17.6. The largest absolute Gasteiger partial charge is 0.444 e. The van der Waals surface area contributed by atoms with E-state index in [9.17, 15) is 10.0 Å². The van der Waals surface area contributed by atoms with E-state index in [1.165, 1.54) is 5.06 Å². The average Bonchev–Trinajstić information content (AvgIpc) is 3.16. The molecule has 0 radical (unpaired) electrons. The predicted octanol–water partition coefficient (Wildman–Crippen LogP) is 4.89. The zero-order valence-corrected chi connectivity index (χ0v) is 17.6. The molecule has 0 saturated carbocycles. The summed E-state index contributed by atoms with van der Waals surface area (Å²) < 4.78 is 5.64. The summed E-state index contributed by atoms with van der Waals surface area (Å²) in [5.41, 5.74) is 1.64. The Morgan fingerprint density at radius 2 is 1.69 bits per heavy atom. The second-order valence-corrected chi connectivity index (χ2v) is 8.72. The van der Waals surface area contributed by atoms with Crippen molar-refractivity contribution in [1.29, 1.82) is 0 Å². The van der Waals surface area contributed by atoms with Crippen LogP contribution in [0.5, 0.6) is 0 Å². The van der Waals surface area contributed by atoms with Crippen LogP contribution in [0.4, 0.5) is 4.79 Å². The van der Waals surface area contributed by atoms with E-state index < -0.39 is 5.60 Å². The second-order valence-electron chi connectivity index (χ2n) is 8.72. The fourth-order valence-electron chi connectivity index (χ4n) is 3.92. The minimum atomic E-state index is -0.540. The van der Waals surface area contributed by atoms with Crippen LogP contribution in [-0.2, 0) is 17.7 Å². The monoisotopic (exact) mass is 396 g/mol. The van der Waals surface area contributed by atoms with Gasteiger partial charge in [-0.3, -0.25) is 0 Å². The maximum absolute atomic E-state index is 12.8. The number of amides is 1. The van der Waals surface area contributed by atoms with Gasteiger partial charge in [0.2, 0.25) is 0 Å². The fourth-order valence-corrected chi connectivity index (χ4v) is 3.92. The van der Waals surface area contributed by atoms with Crippen LogP contribution < -0.4 is 0 Å². The topological polar surface area (TPSA) is 53.0 Å². The third kappa shape index (κ3) is 6.05. The van der Waals surface area contributed by atoms with Gasteiger partial charge in [-0.2, -0.15) is 5.06 Å². The quantitative estimate of drug-likeness (QED) is 0.707. The number of hydrogen-bond donors (Lipinski definition) is 1. The van der Waals surface area contributed by atoms with E-state index in [-0.39, 0.29) is 18.2 Å². The summed E-state index contributed by atoms with van der Waals surface area (Å²) in [4.78, 5) is 14.6. The number of hydroxylamine groups is 2. The van der Waals surface area contributed by atoms with E-state index in [2.05, 4.69) is 12.1 Å². The molecule has 1 N–H and O–H groups in total. The summed E-state index contributed by atoms with van der Waals surface area (Å²) in [7, 11) is 0. The molecule has 0 unspecified atom stereocenters. The molecule has 0 aromatic heterocycles. The first kappa shape index (κ1) is 21.3. The highest BCUT2D eigenvalue weighted by molar-refractivity contribution is 5.69. The summed E-state index contributed by atoms with van der Waals surface area (Å²) in [5, 5.41) is 12.5. The molecule has 3 rings (SSSR count). The van der Waals surface area contributed by atoms with Crippen LogP contribution in [0, 0.1) is 0 Å². The third-order valence-corrected chi connectivity index (χ3v) is 5.23. The van der Waals surface area contributed by atoms with Gasteiger partial charge in [-0.05, 0) is 51.2 Å². The molecule has 156 valence electrons. The van der Waals surface area contributed by atoms with Crippen LogP contribution in [-0.4, -0.2) is 45.5 Å². The predicted molar refractivity (Wildman–Crippen MR) is 114 cm³/mol. The molecular formula is C24H32N2O3. The number of carbonyl (C=O) groups excluding carboxylic acids is 1. The number of benzene rings is 2. The molecule has 0 aliphatic carbocycles. The SMILES string of the molecule is CC(C)(C)OC(=O)N1CCC[C@H]1[C@@H](Cc1ccccc1)N(O)Cc1ccccc1. The van der Waals surface area contributed by atoms with Crippen LogP contribution in [0.15, 0.2) is 60.7 Å². The number of hydrogen-bond acceptors (Lipinski definition) is 4. The highest BCUT2D eigenvalue weighted by atomic mass is 16.6. The summed E-state index contributed by atoms with van der Waals surface area (Å²) in [6.45, 7) is 6.71. The van der Waals surface area contributed by atoms with Gasteiger partial charge in [0.15, 0.2) is 0 Å². The lowest BCUT2D eigenvalue weighted by molar-refractivity contribution is -0.150. The van der Waals surface area contributed by atoms with Gasteiger partial charge in [-0.15, -0.1) is 0 Å². The summed E-state index contributed by atoms with van der Waals surface area (Å²) >= 11 is 0. The number of carbonyl (C=O) groups is 1. The molecular weight excluding hydrogens is 364 g/mol. The molecule has 29 heavy (non-hydrogen) atoms. The molecule has 1 aliphatic heterocycles. The molecule has 5 heteroatoms. The van der Waals surface area contributed by atoms with Crippen LogP contribution in [0.1, 0.15) is 44.7 Å². The average molecular weight is 397 g/mol. The fraction of sp³-hybridized carbons (Fsp3) is 0.458. The smallest absolute Gasteiger partial charge is 0.410 e. The van der Waals surface area contributed by atoms with Gasteiger partial charge in [0, 0.05) is 13.1 Å². The first-order chi connectivity index (χ1) is 13.8. The Balaban J connectivity index is 1.82. The molecule has 2 atom stereocenters. The van der Waals surface area contributed by atoms with Crippen molar-refractivity contribution in [3.05, 3.63) is 71.8 Å². The van der Waals surface area contributed by atoms with Crippen LogP contribution in [0.25, 0.3) is 0 Å². The lowest BCUT2D eigenvalue weighted by atomic mass is 9.96. The maximum atomic E-state index is 12.8. The molecule has 1 amide bonds. The number of rotatable bonds is 6. The lowest BCUT2D eigenvalue weighted by Gasteiger charge is -2.37. The molecule has 5 nitrogen and oxygen atoms in total. The van der Waals surface area contributed by atoms with Crippen LogP contribution >= 0.6 is 0 Å². The van der Waals surface area contributed by atoms with Crippen molar-refractivity contribution in [3.63, 3.8) is 0 Å². The molecule has 0 bridgehead atoms. The molecule has 1 aliphatic rings. The molecule has 1 fully saturated rings. The Bertz CT molecular complexity index is 774. The van der Waals surface area contributed by atoms with Crippen molar-refractivity contribution in [2.24, 2.45) is 0 Å². The third-order valence-electron chi connectivity index (χ3n) is 5.23.